The third-order valence-corrected chi connectivity index (χ3v) is 3.43. The fourth-order valence-corrected chi connectivity index (χ4v) is 2.31. The van der Waals surface area contributed by atoms with Gasteiger partial charge in [0.1, 0.15) is 0 Å². The number of aromatic amines is 1. The Hall–Kier alpha value is -2.82. The summed E-state index contributed by atoms with van der Waals surface area (Å²) in [6.07, 6.45) is 3.41. The van der Waals surface area contributed by atoms with E-state index in [9.17, 15) is 4.79 Å². The second-order valence-electron chi connectivity index (χ2n) is 4.96. The predicted molar refractivity (Wildman–Crippen MR) is 82.8 cm³/mol. The van der Waals surface area contributed by atoms with E-state index < -0.39 is 0 Å². The van der Waals surface area contributed by atoms with Gasteiger partial charge in [0.25, 0.3) is 5.91 Å². The van der Waals surface area contributed by atoms with Gasteiger partial charge in [-0.25, -0.2) is 0 Å². The Balaban J connectivity index is 1.86. The van der Waals surface area contributed by atoms with Crippen molar-refractivity contribution in [2.75, 3.05) is 5.73 Å². The number of hydrogen-bond donors (Lipinski definition) is 3. The van der Waals surface area contributed by atoms with Crippen LogP contribution >= 0.6 is 0 Å². The molecule has 0 aliphatic rings. The van der Waals surface area contributed by atoms with Crippen LogP contribution in [0.25, 0.3) is 10.9 Å². The number of hydrogen-bond acceptors (Lipinski definition) is 3. The van der Waals surface area contributed by atoms with E-state index in [4.69, 9.17) is 5.73 Å². The molecule has 0 fully saturated rings. The van der Waals surface area contributed by atoms with E-state index in [1.54, 1.807) is 24.5 Å². The molecule has 1 aromatic carbocycles. The lowest BCUT2D eigenvalue weighted by molar-refractivity contribution is 0.0941. The first-order valence-electron chi connectivity index (χ1n) is 6.73. The zero-order valence-electron chi connectivity index (χ0n) is 11.6. The molecular weight excluding hydrogens is 264 g/mol. The topological polar surface area (TPSA) is 83.8 Å². The smallest absolute Gasteiger partial charge is 0.253 e. The zero-order valence-corrected chi connectivity index (χ0v) is 11.6. The van der Waals surface area contributed by atoms with Gasteiger partial charge in [-0.15, -0.1) is 0 Å². The molecule has 106 valence electrons. The molecule has 5 heteroatoms. The molecule has 0 saturated carbocycles. The van der Waals surface area contributed by atoms with Crippen LogP contribution in [0.4, 0.5) is 5.69 Å². The van der Waals surface area contributed by atoms with Crippen LogP contribution in [0.2, 0.25) is 0 Å². The first kappa shape index (κ1) is 13.2. The van der Waals surface area contributed by atoms with Gasteiger partial charge in [0, 0.05) is 29.0 Å². The minimum Gasteiger partial charge on any atom is -0.399 e. The van der Waals surface area contributed by atoms with Gasteiger partial charge in [0.05, 0.1) is 17.3 Å². The SMILES string of the molecule is CC(NC(=O)c1c[nH]c2ccc(N)cc12)c1ccccn1. The number of fused-ring (bicyclic) bond motifs is 1. The van der Waals surface area contributed by atoms with E-state index in [0.29, 0.717) is 11.3 Å². The summed E-state index contributed by atoms with van der Waals surface area (Å²) < 4.78 is 0. The second-order valence-corrected chi connectivity index (χ2v) is 4.96. The zero-order chi connectivity index (χ0) is 14.8. The van der Waals surface area contributed by atoms with Crippen molar-refractivity contribution in [2.24, 2.45) is 0 Å². The van der Waals surface area contributed by atoms with E-state index in [0.717, 1.165) is 16.6 Å². The summed E-state index contributed by atoms with van der Waals surface area (Å²) in [5.74, 6) is -0.148. The van der Waals surface area contributed by atoms with Crippen molar-refractivity contribution in [3.8, 4) is 0 Å². The maximum atomic E-state index is 12.4. The molecule has 0 aliphatic carbocycles. The van der Waals surface area contributed by atoms with Gasteiger partial charge in [0.2, 0.25) is 0 Å². The summed E-state index contributed by atoms with van der Waals surface area (Å²) >= 11 is 0. The number of nitrogens with two attached hydrogens (primary N) is 1. The number of carbonyl (C=O) groups is 1. The van der Waals surface area contributed by atoms with Crippen LogP contribution in [0, 0.1) is 0 Å². The Morgan fingerprint density at radius 3 is 2.95 bits per heavy atom. The first-order chi connectivity index (χ1) is 10.1. The van der Waals surface area contributed by atoms with E-state index in [1.807, 2.05) is 31.2 Å². The Bertz CT molecular complexity index is 779. The molecule has 0 radical (unpaired) electrons. The molecule has 1 unspecified atom stereocenters. The normalized spacial score (nSPS) is 12.2. The lowest BCUT2D eigenvalue weighted by atomic mass is 10.1. The van der Waals surface area contributed by atoms with Crippen LogP contribution in [0.3, 0.4) is 0 Å². The van der Waals surface area contributed by atoms with Crippen LogP contribution in [-0.2, 0) is 0 Å². The number of benzene rings is 1. The van der Waals surface area contributed by atoms with Gasteiger partial charge in [-0.2, -0.15) is 0 Å². The number of nitrogens with one attached hydrogen (secondary N) is 2. The van der Waals surface area contributed by atoms with Crippen LogP contribution in [0.5, 0.6) is 0 Å². The van der Waals surface area contributed by atoms with Crippen molar-refractivity contribution in [3.63, 3.8) is 0 Å². The molecule has 1 atom stereocenters. The first-order valence-corrected chi connectivity index (χ1v) is 6.73. The highest BCUT2D eigenvalue weighted by molar-refractivity contribution is 6.07. The molecular formula is C16H16N4O. The molecule has 0 bridgehead atoms. The number of anilines is 1. The number of amides is 1. The highest BCUT2D eigenvalue weighted by Crippen LogP contribution is 2.21. The minimum atomic E-state index is -0.162. The minimum absolute atomic E-state index is 0.148. The average Bonchev–Trinajstić information content (AvgIpc) is 2.91. The summed E-state index contributed by atoms with van der Waals surface area (Å²) in [7, 11) is 0. The lowest BCUT2D eigenvalue weighted by Gasteiger charge is -2.12. The number of pyridine rings is 1. The number of nitrogens with zero attached hydrogens (tertiary/aromatic N) is 1. The number of aromatic nitrogens is 2. The number of nitrogen functional groups attached to an aromatic ring is 1. The monoisotopic (exact) mass is 280 g/mol. The summed E-state index contributed by atoms with van der Waals surface area (Å²) in [6, 6.07) is 10.9. The fourth-order valence-electron chi connectivity index (χ4n) is 2.31. The molecule has 2 heterocycles. The standard InChI is InChI=1S/C16H16N4O/c1-10(14-4-2-3-7-18-14)20-16(21)13-9-19-15-6-5-11(17)8-12(13)15/h2-10,19H,17H2,1H3,(H,20,21). The Labute approximate surface area is 122 Å². The third kappa shape index (κ3) is 2.58. The molecule has 0 aliphatic heterocycles. The van der Waals surface area contributed by atoms with E-state index >= 15 is 0 Å². The average molecular weight is 280 g/mol. The second kappa shape index (κ2) is 5.28. The molecule has 3 aromatic rings. The molecule has 2 aromatic heterocycles. The molecule has 3 rings (SSSR count). The van der Waals surface area contributed by atoms with Crippen LogP contribution in [0.15, 0.2) is 48.8 Å². The quantitative estimate of drug-likeness (QED) is 0.645. The predicted octanol–water partition coefficient (Wildman–Crippen LogP) is 2.64. The largest absolute Gasteiger partial charge is 0.399 e. The van der Waals surface area contributed by atoms with Gasteiger partial charge in [-0.05, 0) is 37.3 Å². The number of rotatable bonds is 3. The lowest BCUT2D eigenvalue weighted by Crippen LogP contribution is -2.27. The van der Waals surface area contributed by atoms with Crippen molar-refractivity contribution >= 4 is 22.5 Å². The maximum Gasteiger partial charge on any atom is 0.253 e. The van der Waals surface area contributed by atoms with Gasteiger partial charge < -0.3 is 16.0 Å². The van der Waals surface area contributed by atoms with E-state index in [1.165, 1.54) is 0 Å². The molecule has 4 N–H and O–H groups in total. The van der Waals surface area contributed by atoms with Crippen molar-refractivity contribution < 1.29 is 4.79 Å². The number of H-pyrrole nitrogens is 1. The molecule has 0 spiro atoms. The van der Waals surface area contributed by atoms with Crippen molar-refractivity contribution in [1.29, 1.82) is 0 Å². The molecule has 5 nitrogen and oxygen atoms in total. The highest BCUT2D eigenvalue weighted by Gasteiger charge is 2.15. The van der Waals surface area contributed by atoms with Gasteiger partial charge in [0.15, 0.2) is 0 Å². The molecule has 1 amide bonds. The van der Waals surface area contributed by atoms with Crippen LogP contribution in [-0.4, -0.2) is 15.9 Å². The summed E-state index contributed by atoms with van der Waals surface area (Å²) in [6.45, 7) is 1.91. The Morgan fingerprint density at radius 1 is 1.33 bits per heavy atom. The summed E-state index contributed by atoms with van der Waals surface area (Å²) in [5.41, 5.74) is 8.72. The van der Waals surface area contributed by atoms with Crippen molar-refractivity contribution in [3.05, 3.63) is 60.0 Å². The maximum absolute atomic E-state index is 12.4. The third-order valence-electron chi connectivity index (χ3n) is 3.43. The van der Waals surface area contributed by atoms with E-state index in [2.05, 4.69) is 15.3 Å². The van der Waals surface area contributed by atoms with Gasteiger partial charge in [-0.1, -0.05) is 6.07 Å². The summed E-state index contributed by atoms with van der Waals surface area (Å²) in [5, 5.41) is 3.77. The van der Waals surface area contributed by atoms with Gasteiger partial charge in [-0.3, -0.25) is 9.78 Å². The number of carbonyl (C=O) groups excluding carboxylic acids is 1. The highest BCUT2D eigenvalue weighted by atomic mass is 16.1. The molecule has 0 saturated heterocycles. The Kier molecular flexibility index (Phi) is 3.31. The fraction of sp³-hybridized carbons (Fsp3) is 0.125. The molecule has 21 heavy (non-hydrogen) atoms. The van der Waals surface area contributed by atoms with Crippen LogP contribution in [0.1, 0.15) is 29.0 Å². The van der Waals surface area contributed by atoms with Crippen LogP contribution < -0.4 is 11.1 Å². The van der Waals surface area contributed by atoms with Gasteiger partial charge >= 0.3 is 0 Å². The Morgan fingerprint density at radius 2 is 2.19 bits per heavy atom. The van der Waals surface area contributed by atoms with E-state index in [-0.39, 0.29) is 11.9 Å². The van der Waals surface area contributed by atoms with Crippen molar-refractivity contribution in [1.82, 2.24) is 15.3 Å². The summed E-state index contributed by atoms with van der Waals surface area (Å²) in [4.78, 5) is 19.7. The van der Waals surface area contributed by atoms with Crippen molar-refractivity contribution in [2.45, 2.75) is 13.0 Å².